The van der Waals surface area contributed by atoms with E-state index < -0.39 is 11.7 Å². The molecule has 0 bridgehead atoms. The predicted molar refractivity (Wildman–Crippen MR) is 138 cm³/mol. The lowest BCUT2D eigenvalue weighted by Crippen LogP contribution is -2.49. The highest BCUT2D eigenvalue weighted by atomic mass is 19.4. The summed E-state index contributed by atoms with van der Waals surface area (Å²) in [6.07, 6.45) is -2.63. The zero-order chi connectivity index (χ0) is 27.0. The van der Waals surface area contributed by atoms with Crippen LogP contribution in [0.5, 0.6) is 0 Å². The van der Waals surface area contributed by atoms with E-state index in [1.54, 1.807) is 36.5 Å². The van der Waals surface area contributed by atoms with E-state index in [4.69, 9.17) is 4.98 Å². The quantitative estimate of drug-likeness (QED) is 0.295. The van der Waals surface area contributed by atoms with E-state index in [-0.39, 0.29) is 17.6 Å². The van der Waals surface area contributed by atoms with Crippen LogP contribution < -0.4 is 0 Å². The number of nitrogens with zero attached hydrogens (tertiary/aromatic N) is 4. The number of carbonyl (C=O) groups excluding carboxylic acids is 1. The number of alkyl halides is 3. The van der Waals surface area contributed by atoms with Gasteiger partial charge in [-0.25, -0.2) is 9.37 Å². The summed E-state index contributed by atoms with van der Waals surface area (Å²) in [6.45, 7) is 6.91. The molecule has 5 rings (SSSR count). The molecule has 5 nitrogen and oxygen atoms in total. The Morgan fingerprint density at radius 2 is 1.61 bits per heavy atom. The maximum Gasteiger partial charge on any atom is 0.416 e. The molecule has 0 N–H and O–H groups in total. The summed E-state index contributed by atoms with van der Waals surface area (Å²) < 4.78 is 55.5. The number of aromatic nitrogens is 2. The van der Waals surface area contributed by atoms with E-state index in [1.807, 2.05) is 23.1 Å². The van der Waals surface area contributed by atoms with Crippen molar-refractivity contribution in [3.8, 4) is 22.4 Å². The number of hydrogen-bond donors (Lipinski definition) is 0. The first-order valence-corrected chi connectivity index (χ1v) is 12.6. The van der Waals surface area contributed by atoms with Gasteiger partial charge >= 0.3 is 6.18 Å². The minimum Gasteiger partial charge on any atom is -0.340 e. The average molecular weight is 525 g/mol. The molecular formula is C29H28F4N4O. The molecule has 0 atom stereocenters. The average Bonchev–Trinajstić information content (AvgIpc) is 3.26. The van der Waals surface area contributed by atoms with Crippen LogP contribution in [-0.2, 0) is 17.5 Å². The van der Waals surface area contributed by atoms with E-state index in [9.17, 15) is 22.4 Å². The summed E-state index contributed by atoms with van der Waals surface area (Å²) in [6, 6.07) is 14.9. The van der Waals surface area contributed by atoms with Crippen LogP contribution in [0.2, 0.25) is 0 Å². The summed E-state index contributed by atoms with van der Waals surface area (Å²) in [5.74, 6) is -0.270. The van der Waals surface area contributed by atoms with Gasteiger partial charge in [-0.1, -0.05) is 26.0 Å². The second-order valence-electron chi connectivity index (χ2n) is 9.89. The maximum absolute atomic E-state index is 13.6. The van der Waals surface area contributed by atoms with Crippen LogP contribution in [0.4, 0.5) is 17.6 Å². The Labute approximate surface area is 218 Å². The number of pyridine rings is 1. The molecule has 0 unspecified atom stereocenters. The van der Waals surface area contributed by atoms with Crippen LogP contribution in [0, 0.1) is 11.7 Å². The number of fused-ring (bicyclic) bond motifs is 1. The lowest BCUT2D eigenvalue weighted by molar-refractivity contribution is -0.137. The fourth-order valence-electron chi connectivity index (χ4n) is 4.83. The van der Waals surface area contributed by atoms with Crippen LogP contribution in [0.1, 0.15) is 25.1 Å². The van der Waals surface area contributed by atoms with Gasteiger partial charge in [-0.15, -0.1) is 0 Å². The van der Waals surface area contributed by atoms with Gasteiger partial charge in [0.05, 0.1) is 17.0 Å². The third-order valence-electron chi connectivity index (χ3n) is 6.91. The molecule has 4 aromatic rings. The highest BCUT2D eigenvalue weighted by molar-refractivity contribution is 5.78. The zero-order valence-electron chi connectivity index (χ0n) is 21.2. The predicted octanol–water partition coefficient (Wildman–Crippen LogP) is 6.13. The van der Waals surface area contributed by atoms with Crippen molar-refractivity contribution in [3.05, 3.63) is 83.9 Å². The number of piperazine rings is 1. The third-order valence-corrected chi connectivity index (χ3v) is 6.91. The zero-order valence-corrected chi connectivity index (χ0v) is 21.2. The number of imidazole rings is 1. The van der Waals surface area contributed by atoms with Crippen molar-refractivity contribution in [1.82, 2.24) is 19.2 Å². The SMILES string of the molecule is CC(C)C(=O)N1CCN(Cc2c(-c3ccc(F)cc3)nc3ccc(-c4cccc(C(F)(F)F)c4)cn23)CC1. The van der Waals surface area contributed by atoms with Gasteiger partial charge in [0.15, 0.2) is 0 Å². The molecule has 1 saturated heterocycles. The Morgan fingerprint density at radius 1 is 0.921 bits per heavy atom. The number of rotatable bonds is 5. The van der Waals surface area contributed by atoms with Gasteiger partial charge in [0.1, 0.15) is 11.5 Å². The second-order valence-corrected chi connectivity index (χ2v) is 9.89. The van der Waals surface area contributed by atoms with Gasteiger partial charge in [-0.2, -0.15) is 13.2 Å². The van der Waals surface area contributed by atoms with E-state index in [0.717, 1.165) is 23.4 Å². The third kappa shape index (κ3) is 5.29. The van der Waals surface area contributed by atoms with Crippen molar-refractivity contribution < 1.29 is 22.4 Å². The lowest BCUT2D eigenvalue weighted by atomic mass is 10.0. The fourth-order valence-corrected chi connectivity index (χ4v) is 4.83. The first kappa shape index (κ1) is 25.9. The minimum atomic E-state index is -4.44. The number of benzene rings is 2. The number of hydrogen-bond acceptors (Lipinski definition) is 3. The van der Waals surface area contributed by atoms with Gasteiger partial charge in [0.2, 0.25) is 5.91 Å². The van der Waals surface area contributed by atoms with Crippen LogP contribution >= 0.6 is 0 Å². The summed E-state index contributed by atoms with van der Waals surface area (Å²) in [4.78, 5) is 21.3. The van der Waals surface area contributed by atoms with Crippen LogP contribution in [0.3, 0.4) is 0 Å². The molecule has 9 heteroatoms. The van der Waals surface area contributed by atoms with E-state index in [1.165, 1.54) is 18.2 Å². The van der Waals surface area contributed by atoms with Crippen molar-refractivity contribution in [3.63, 3.8) is 0 Å². The summed E-state index contributed by atoms with van der Waals surface area (Å²) in [5, 5.41) is 0. The Bertz CT molecular complexity index is 1450. The van der Waals surface area contributed by atoms with Crippen LogP contribution in [-0.4, -0.2) is 51.3 Å². The molecule has 1 aliphatic heterocycles. The number of carbonyl (C=O) groups is 1. The monoisotopic (exact) mass is 524 g/mol. The van der Waals surface area contributed by atoms with Crippen molar-refractivity contribution in [2.24, 2.45) is 5.92 Å². The fraction of sp³-hybridized carbons (Fsp3) is 0.310. The summed E-state index contributed by atoms with van der Waals surface area (Å²) in [5.41, 5.74) is 3.30. The largest absolute Gasteiger partial charge is 0.416 e. The van der Waals surface area contributed by atoms with E-state index in [0.29, 0.717) is 55.2 Å². The topological polar surface area (TPSA) is 40.9 Å². The van der Waals surface area contributed by atoms with Gasteiger partial charge in [0.25, 0.3) is 0 Å². The normalized spacial score (nSPS) is 15.0. The van der Waals surface area contributed by atoms with Crippen molar-refractivity contribution in [2.75, 3.05) is 26.2 Å². The number of amides is 1. The molecule has 2 aromatic heterocycles. The first-order valence-electron chi connectivity index (χ1n) is 12.6. The molecule has 198 valence electrons. The molecule has 1 fully saturated rings. The van der Waals surface area contributed by atoms with Crippen molar-refractivity contribution in [2.45, 2.75) is 26.6 Å². The Kier molecular flexibility index (Phi) is 6.96. The van der Waals surface area contributed by atoms with Crippen LogP contribution in [0.25, 0.3) is 28.0 Å². The lowest BCUT2D eigenvalue weighted by Gasteiger charge is -2.35. The molecular weight excluding hydrogens is 496 g/mol. The smallest absolute Gasteiger partial charge is 0.340 e. The Hall–Kier alpha value is -3.72. The summed E-state index contributed by atoms with van der Waals surface area (Å²) in [7, 11) is 0. The highest BCUT2D eigenvalue weighted by Crippen LogP contribution is 2.33. The number of halogens is 4. The maximum atomic E-state index is 13.6. The van der Waals surface area contributed by atoms with E-state index >= 15 is 0 Å². The van der Waals surface area contributed by atoms with E-state index in [2.05, 4.69) is 4.90 Å². The summed E-state index contributed by atoms with van der Waals surface area (Å²) >= 11 is 0. The standard InChI is InChI=1S/C29H28F4N4O/c1-19(2)28(38)36-14-12-35(13-15-36)18-25-27(20-6-9-24(30)10-7-20)34-26-11-8-22(17-37(25)26)21-4-3-5-23(16-21)29(31,32)33/h3-11,16-17,19H,12-15,18H2,1-2H3. The highest BCUT2D eigenvalue weighted by Gasteiger charge is 2.30. The van der Waals surface area contributed by atoms with Gasteiger partial charge in [-0.3, -0.25) is 9.69 Å². The van der Waals surface area contributed by atoms with Gasteiger partial charge < -0.3 is 9.30 Å². The van der Waals surface area contributed by atoms with Gasteiger partial charge in [0, 0.05) is 50.4 Å². The van der Waals surface area contributed by atoms with Crippen molar-refractivity contribution in [1.29, 1.82) is 0 Å². The Balaban J connectivity index is 1.53. The van der Waals surface area contributed by atoms with Crippen molar-refractivity contribution >= 4 is 11.6 Å². The molecule has 1 aliphatic rings. The molecule has 38 heavy (non-hydrogen) atoms. The Morgan fingerprint density at radius 3 is 2.26 bits per heavy atom. The molecule has 0 saturated carbocycles. The molecule has 1 amide bonds. The molecule has 0 radical (unpaired) electrons. The molecule has 0 spiro atoms. The molecule has 0 aliphatic carbocycles. The molecule has 2 aromatic carbocycles. The second kappa shape index (κ2) is 10.2. The van der Waals surface area contributed by atoms with Gasteiger partial charge in [-0.05, 0) is 59.7 Å². The van der Waals surface area contributed by atoms with Crippen LogP contribution in [0.15, 0.2) is 66.9 Å². The molecule has 3 heterocycles. The minimum absolute atomic E-state index is 0.0559. The first-order chi connectivity index (χ1) is 18.1.